The lowest BCUT2D eigenvalue weighted by Crippen LogP contribution is -2.28. The van der Waals surface area contributed by atoms with Crippen LogP contribution in [0.15, 0.2) is 28.9 Å². The number of hydrogen-bond acceptors (Lipinski definition) is 3. The highest BCUT2D eigenvalue weighted by Gasteiger charge is 2.18. The number of piperidine rings is 1. The molecule has 4 nitrogen and oxygen atoms in total. The van der Waals surface area contributed by atoms with Crippen molar-refractivity contribution in [2.75, 3.05) is 13.1 Å². The van der Waals surface area contributed by atoms with Gasteiger partial charge in [0, 0.05) is 18.2 Å². The third-order valence-corrected chi connectivity index (χ3v) is 3.11. The van der Waals surface area contributed by atoms with Crippen molar-refractivity contribution in [3.8, 4) is 11.5 Å². The van der Waals surface area contributed by atoms with Gasteiger partial charge in [0.25, 0.3) is 0 Å². The van der Waals surface area contributed by atoms with Crippen LogP contribution in [0.25, 0.3) is 11.5 Å². The zero-order valence-corrected chi connectivity index (χ0v) is 9.07. The van der Waals surface area contributed by atoms with Crippen LogP contribution in [0, 0.1) is 0 Å². The average Bonchev–Trinajstić information content (AvgIpc) is 3.01. The Morgan fingerprint density at radius 1 is 1.44 bits per heavy atom. The van der Waals surface area contributed by atoms with Gasteiger partial charge < -0.3 is 9.73 Å². The van der Waals surface area contributed by atoms with Gasteiger partial charge in [-0.1, -0.05) is 0 Å². The van der Waals surface area contributed by atoms with Crippen LogP contribution in [0.3, 0.4) is 0 Å². The molecule has 1 atom stereocenters. The Labute approximate surface area is 94.0 Å². The van der Waals surface area contributed by atoms with E-state index in [2.05, 4.69) is 21.6 Å². The first-order valence-electron chi connectivity index (χ1n) is 5.73. The summed E-state index contributed by atoms with van der Waals surface area (Å²) in [4.78, 5) is 0. The van der Waals surface area contributed by atoms with E-state index in [4.69, 9.17) is 4.42 Å². The number of nitrogens with zero attached hydrogens (tertiary/aromatic N) is 1. The van der Waals surface area contributed by atoms with E-state index in [-0.39, 0.29) is 0 Å². The van der Waals surface area contributed by atoms with Gasteiger partial charge >= 0.3 is 0 Å². The van der Waals surface area contributed by atoms with E-state index >= 15 is 0 Å². The number of rotatable bonds is 2. The Balaban J connectivity index is 1.82. The van der Waals surface area contributed by atoms with Crippen molar-refractivity contribution in [1.82, 2.24) is 15.5 Å². The molecule has 1 fully saturated rings. The largest absolute Gasteiger partial charge is 0.463 e. The quantitative estimate of drug-likeness (QED) is 0.810. The second kappa shape index (κ2) is 4.14. The Bertz CT molecular complexity index is 441. The maximum atomic E-state index is 5.32. The van der Waals surface area contributed by atoms with Crippen molar-refractivity contribution in [3.05, 3.63) is 30.2 Å². The minimum atomic E-state index is 0.560. The van der Waals surface area contributed by atoms with E-state index in [0.717, 1.165) is 24.5 Å². The molecule has 2 N–H and O–H groups in total. The standard InChI is InChI=1S/C12H15N3O/c1-3-9(8-13-5-1)10-7-11(15-14-10)12-4-2-6-16-12/h2,4,6-7,9,13H,1,3,5,8H2,(H,14,15)/t9-/m0/s1. The van der Waals surface area contributed by atoms with Gasteiger partial charge in [0.15, 0.2) is 5.76 Å². The zero-order valence-electron chi connectivity index (χ0n) is 9.07. The van der Waals surface area contributed by atoms with Crippen LogP contribution in [0.2, 0.25) is 0 Å². The summed E-state index contributed by atoms with van der Waals surface area (Å²) in [6.07, 6.45) is 4.14. The maximum Gasteiger partial charge on any atom is 0.154 e. The molecule has 0 radical (unpaired) electrons. The molecule has 0 bridgehead atoms. The fourth-order valence-electron chi connectivity index (χ4n) is 2.21. The minimum absolute atomic E-state index is 0.560. The molecule has 3 heterocycles. The summed E-state index contributed by atoms with van der Waals surface area (Å²) in [5.41, 5.74) is 2.10. The Hall–Kier alpha value is -1.55. The molecule has 0 spiro atoms. The normalized spacial score (nSPS) is 21.1. The highest BCUT2D eigenvalue weighted by molar-refractivity contribution is 5.52. The molecule has 16 heavy (non-hydrogen) atoms. The van der Waals surface area contributed by atoms with Gasteiger partial charge in [-0.3, -0.25) is 5.10 Å². The van der Waals surface area contributed by atoms with Crippen molar-refractivity contribution in [2.45, 2.75) is 18.8 Å². The summed E-state index contributed by atoms with van der Waals surface area (Å²) in [6.45, 7) is 2.18. The second-order valence-electron chi connectivity index (χ2n) is 4.23. The van der Waals surface area contributed by atoms with Crippen LogP contribution >= 0.6 is 0 Å². The van der Waals surface area contributed by atoms with Crippen LogP contribution in [0.5, 0.6) is 0 Å². The van der Waals surface area contributed by atoms with Gasteiger partial charge in [-0.2, -0.15) is 5.10 Å². The Kier molecular flexibility index (Phi) is 2.50. The molecule has 2 aromatic heterocycles. The molecular weight excluding hydrogens is 202 g/mol. The average molecular weight is 217 g/mol. The third-order valence-electron chi connectivity index (χ3n) is 3.11. The first-order valence-corrected chi connectivity index (χ1v) is 5.73. The molecule has 0 aliphatic carbocycles. The van der Waals surface area contributed by atoms with Crippen molar-refractivity contribution < 1.29 is 4.42 Å². The zero-order chi connectivity index (χ0) is 10.8. The van der Waals surface area contributed by atoms with Crippen molar-refractivity contribution in [2.24, 2.45) is 0 Å². The molecule has 2 aromatic rings. The Morgan fingerprint density at radius 2 is 2.44 bits per heavy atom. The lowest BCUT2D eigenvalue weighted by Gasteiger charge is -2.21. The van der Waals surface area contributed by atoms with E-state index in [1.165, 1.54) is 18.5 Å². The van der Waals surface area contributed by atoms with Crippen LogP contribution < -0.4 is 5.32 Å². The van der Waals surface area contributed by atoms with E-state index in [1.54, 1.807) is 6.26 Å². The number of hydrogen-bond donors (Lipinski definition) is 2. The molecule has 1 saturated heterocycles. The van der Waals surface area contributed by atoms with Gasteiger partial charge in [-0.25, -0.2) is 0 Å². The molecule has 1 aliphatic rings. The van der Waals surface area contributed by atoms with Gasteiger partial charge in [-0.15, -0.1) is 0 Å². The molecule has 1 aliphatic heterocycles. The molecule has 0 amide bonds. The fourth-order valence-corrected chi connectivity index (χ4v) is 2.21. The van der Waals surface area contributed by atoms with E-state index in [0.29, 0.717) is 5.92 Å². The first-order chi connectivity index (χ1) is 7.93. The lowest BCUT2D eigenvalue weighted by atomic mass is 9.96. The molecular formula is C12H15N3O. The molecule has 0 aromatic carbocycles. The van der Waals surface area contributed by atoms with Crippen LogP contribution in [-0.2, 0) is 0 Å². The summed E-state index contributed by atoms with van der Waals surface area (Å²) in [6, 6.07) is 5.90. The predicted octanol–water partition coefficient (Wildman–Crippen LogP) is 2.14. The maximum absolute atomic E-state index is 5.32. The van der Waals surface area contributed by atoms with Crippen LogP contribution in [0.1, 0.15) is 24.5 Å². The molecule has 0 saturated carbocycles. The SMILES string of the molecule is c1coc(-c2cc([C@H]3CCCNC3)[nH]n2)c1. The van der Waals surface area contributed by atoms with Crippen molar-refractivity contribution in [3.63, 3.8) is 0 Å². The van der Waals surface area contributed by atoms with Crippen molar-refractivity contribution >= 4 is 0 Å². The minimum Gasteiger partial charge on any atom is -0.463 e. The van der Waals surface area contributed by atoms with Crippen molar-refractivity contribution in [1.29, 1.82) is 0 Å². The van der Waals surface area contributed by atoms with E-state index < -0.39 is 0 Å². The Morgan fingerprint density at radius 3 is 3.19 bits per heavy atom. The number of H-pyrrole nitrogens is 1. The summed E-state index contributed by atoms with van der Waals surface area (Å²) in [5.74, 6) is 1.39. The topological polar surface area (TPSA) is 53.9 Å². The summed E-state index contributed by atoms with van der Waals surface area (Å²) >= 11 is 0. The number of nitrogens with one attached hydrogen (secondary N) is 2. The molecule has 84 valence electrons. The molecule has 4 heteroatoms. The number of aromatic amines is 1. The first kappa shape index (κ1) is 9.66. The number of furan rings is 1. The third kappa shape index (κ3) is 1.76. The summed E-state index contributed by atoms with van der Waals surface area (Å²) < 4.78 is 5.32. The highest BCUT2D eigenvalue weighted by atomic mass is 16.3. The summed E-state index contributed by atoms with van der Waals surface area (Å²) in [7, 11) is 0. The summed E-state index contributed by atoms with van der Waals surface area (Å²) in [5, 5.41) is 10.8. The van der Waals surface area contributed by atoms with E-state index in [9.17, 15) is 0 Å². The monoisotopic (exact) mass is 217 g/mol. The number of aromatic nitrogens is 2. The van der Waals surface area contributed by atoms with E-state index in [1.807, 2.05) is 12.1 Å². The van der Waals surface area contributed by atoms with Gasteiger partial charge in [0.2, 0.25) is 0 Å². The smallest absolute Gasteiger partial charge is 0.154 e. The second-order valence-corrected chi connectivity index (χ2v) is 4.23. The predicted molar refractivity (Wildman–Crippen MR) is 61.1 cm³/mol. The lowest BCUT2D eigenvalue weighted by molar-refractivity contribution is 0.454. The van der Waals surface area contributed by atoms with Crippen LogP contribution in [0.4, 0.5) is 0 Å². The molecule has 0 unspecified atom stereocenters. The van der Waals surface area contributed by atoms with Crippen LogP contribution in [-0.4, -0.2) is 23.3 Å². The highest BCUT2D eigenvalue weighted by Crippen LogP contribution is 2.25. The van der Waals surface area contributed by atoms with Gasteiger partial charge in [0.05, 0.1) is 6.26 Å². The fraction of sp³-hybridized carbons (Fsp3) is 0.417. The van der Waals surface area contributed by atoms with Gasteiger partial charge in [-0.05, 0) is 37.6 Å². The van der Waals surface area contributed by atoms with Gasteiger partial charge in [0.1, 0.15) is 5.69 Å². The molecule has 3 rings (SSSR count).